The molecule has 1 aliphatic rings. The van der Waals surface area contributed by atoms with E-state index in [1.807, 2.05) is 26.1 Å². The van der Waals surface area contributed by atoms with Crippen LogP contribution in [0.15, 0.2) is 18.5 Å². The number of hydrogen-bond donors (Lipinski definition) is 1. The van der Waals surface area contributed by atoms with Crippen molar-refractivity contribution in [2.45, 2.75) is 32.6 Å². The van der Waals surface area contributed by atoms with Crippen LogP contribution in [0.5, 0.6) is 0 Å². The summed E-state index contributed by atoms with van der Waals surface area (Å²) in [5.41, 5.74) is 1.91. The van der Waals surface area contributed by atoms with Gasteiger partial charge < -0.3 is 4.74 Å². The third-order valence-electron chi connectivity index (χ3n) is 2.60. The largest absolute Gasteiger partial charge is 0.449 e. The molecule has 0 aliphatic heterocycles. The van der Waals surface area contributed by atoms with E-state index in [9.17, 15) is 4.79 Å². The highest BCUT2D eigenvalue weighted by Crippen LogP contribution is 2.40. The molecule has 0 spiro atoms. The average Bonchev–Trinajstić information content (AvgIpc) is 3.10. The van der Waals surface area contributed by atoms with Crippen LogP contribution in [0.1, 0.15) is 38.2 Å². The lowest BCUT2D eigenvalue weighted by Gasteiger charge is -2.09. The number of amides is 1. The fourth-order valence-electron chi connectivity index (χ4n) is 1.56. The van der Waals surface area contributed by atoms with Crippen LogP contribution >= 0.6 is 0 Å². The summed E-state index contributed by atoms with van der Waals surface area (Å²) in [6.07, 6.45) is 5.55. The Hall–Kier alpha value is -1.58. The summed E-state index contributed by atoms with van der Waals surface area (Å²) in [6, 6.07) is 1.97. The van der Waals surface area contributed by atoms with Crippen LogP contribution < -0.4 is 5.32 Å². The molecule has 17 heavy (non-hydrogen) atoms. The van der Waals surface area contributed by atoms with E-state index in [1.54, 1.807) is 6.20 Å². The highest BCUT2D eigenvalue weighted by atomic mass is 16.5. The summed E-state index contributed by atoms with van der Waals surface area (Å²) in [6.45, 7) is 4.44. The zero-order valence-electron chi connectivity index (χ0n) is 10.3. The normalized spacial score (nSPS) is 14.8. The Morgan fingerprint density at radius 2 is 2.29 bits per heavy atom. The van der Waals surface area contributed by atoms with E-state index in [0.717, 1.165) is 0 Å². The minimum Gasteiger partial charge on any atom is -0.449 e. The minimum absolute atomic E-state index is 0.344. The Bertz CT molecular complexity index is 400. The molecule has 1 amide bonds. The quantitative estimate of drug-likeness (QED) is 0.870. The van der Waals surface area contributed by atoms with Crippen molar-refractivity contribution < 1.29 is 9.53 Å². The van der Waals surface area contributed by atoms with Crippen molar-refractivity contribution in [1.29, 1.82) is 0 Å². The summed E-state index contributed by atoms with van der Waals surface area (Å²) >= 11 is 0. The highest BCUT2D eigenvalue weighted by Gasteiger charge is 2.24. The Kier molecular flexibility index (Phi) is 3.61. The Balaban J connectivity index is 1.89. The number of carbonyl (C=O) groups excluding carboxylic acids is 1. The Morgan fingerprint density at radius 3 is 2.94 bits per heavy atom. The smallest absolute Gasteiger partial charge is 0.411 e. The first-order valence-corrected chi connectivity index (χ1v) is 6.04. The van der Waals surface area contributed by atoms with E-state index in [4.69, 9.17) is 4.74 Å². The molecule has 0 saturated heterocycles. The van der Waals surface area contributed by atoms with Gasteiger partial charge in [0.25, 0.3) is 0 Å². The summed E-state index contributed by atoms with van der Waals surface area (Å²) in [4.78, 5) is 15.6. The number of ether oxygens (including phenoxy) is 1. The molecule has 0 bridgehead atoms. The minimum atomic E-state index is -0.409. The molecule has 4 nitrogen and oxygen atoms in total. The van der Waals surface area contributed by atoms with E-state index in [0.29, 0.717) is 24.1 Å². The van der Waals surface area contributed by atoms with Crippen molar-refractivity contribution in [3.8, 4) is 0 Å². The van der Waals surface area contributed by atoms with Crippen LogP contribution in [0.4, 0.5) is 10.5 Å². The van der Waals surface area contributed by atoms with Gasteiger partial charge in [0.1, 0.15) is 0 Å². The van der Waals surface area contributed by atoms with Gasteiger partial charge >= 0.3 is 6.09 Å². The molecular formula is C13H18N2O2. The highest BCUT2D eigenvalue weighted by molar-refractivity contribution is 5.84. The van der Waals surface area contributed by atoms with Gasteiger partial charge in [-0.3, -0.25) is 10.3 Å². The number of carbonyl (C=O) groups is 1. The first-order valence-electron chi connectivity index (χ1n) is 6.04. The van der Waals surface area contributed by atoms with Gasteiger partial charge in [-0.1, -0.05) is 13.8 Å². The van der Waals surface area contributed by atoms with Crippen LogP contribution in [-0.2, 0) is 4.74 Å². The van der Waals surface area contributed by atoms with Crippen LogP contribution in [0, 0.1) is 5.92 Å². The SMILES string of the molecule is CC(C)COC(=O)Nc1cncc(C2CC2)c1. The predicted octanol–water partition coefficient (Wildman–Crippen LogP) is 3.16. The third-order valence-corrected chi connectivity index (χ3v) is 2.60. The Labute approximate surface area is 101 Å². The van der Waals surface area contributed by atoms with E-state index in [2.05, 4.69) is 10.3 Å². The van der Waals surface area contributed by atoms with Gasteiger partial charge in [0, 0.05) is 6.20 Å². The molecule has 1 aliphatic carbocycles. The molecule has 4 heteroatoms. The maximum atomic E-state index is 11.5. The summed E-state index contributed by atoms with van der Waals surface area (Å²) in [7, 11) is 0. The molecule has 1 aromatic heterocycles. The van der Waals surface area contributed by atoms with Crippen LogP contribution in [0.3, 0.4) is 0 Å². The molecule has 1 aromatic rings. The molecule has 0 unspecified atom stereocenters. The van der Waals surface area contributed by atoms with Gasteiger partial charge in [-0.05, 0) is 36.3 Å². The van der Waals surface area contributed by atoms with Crippen LogP contribution in [0.25, 0.3) is 0 Å². The number of rotatable bonds is 4. The zero-order chi connectivity index (χ0) is 12.3. The van der Waals surface area contributed by atoms with Crippen molar-refractivity contribution in [2.24, 2.45) is 5.92 Å². The lowest BCUT2D eigenvalue weighted by atomic mass is 10.2. The standard InChI is InChI=1S/C13H18N2O2/c1-9(2)8-17-13(16)15-12-5-11(6-14-7-12)10-3-4-10/h5-7,9-10H,3-4,8H2,1-2H3,(H,15,16). The fourth-order valence-corrected chi connectivity index (χ4v) is 1.56. The predicted molar refractivity (Wildman–Crippen MR) is 66.0 cm³/mol. The van der Waals surface area contributed by atoms with Crippen molar-refractivity contribution in [3.05, 3.63) is 24.0 Å². The lowest BCUT2D eigenvalue weighted by molar-refractivity contribution is 0.147. The topological polar surface area (TPSA) is 51.2 Å². The third kappa shape index (κ3) is 3.73. The van der Waals surface area contributed by atoms with Gasteiger partial charge in [-0.25, -0.2) is 4.79 Å². The summed E-state index contributed by atoms with van der Waals surface area (Å²) < 4.78 is 5.05. The van der Waals surface area contributed by atoms with Crippen LogP contribution in [0.2, 0.25) is 0 Å². The van der Waals surface area contributed by atoms with Crippen molar-refractivity contribution >= 4 is 11.8 Å². The maximum absolute atomic E-state index is 11.5. The number of aromatic nitrogens is 1. The van der Waals surface area contributed by atoms with Crippen molar-refractivity contribution in [3.63, 3.8) is 0 Å². The fraction of sp³-hybridized carbons (Fsp3) is 0.538. The molecule has 1 heterocycles. The number of nitrogens with zero attached hydrogens (tertiary/aromatic N) is 1. The second-order valence-corrected chi connectivity index (χ2v) is 4.90. The Morgan fingerprint density at radius 1 is 1.53 bits per heavy atom. The molecule has 1 fully saturated rings. The van der Waals surface area contributed by atoms with E-state index < -0.39 is 6.09 Å². The molecule has 1 N–H and O–H groups in total. The van der Waals surface area contributed by atoms with E-state index >= 15 is 0 Å². The van der Waals surface area contributed by atoms with Gasteiger partial charge in [0.15, 0.2) is 0 Å². The zero-order valence-corrected chi connectivity index (χ0v) is 10.3. The van der Waals surface area contributed by atoms with Gasteiger partial charge in [0.2, 0.25) is 0 Å². The maximum Gasteiger partial charge on any atom is 0.411 e. The number of anilines is 1. The average molecular weight is 234 g/mol. The first-order chi connectivity index (χ1) is 8.15. The van der Waals surface area contributed by atoms with Crippen molar-refractivity contribution in [1.82, 2.24) is 4.98 Å². The first kappa shape index (κ1) is 11.9. The molecule has 0 radical (unpaired) electrons. The number of nitrogens with one attached hydrogen (secondary N) is 1. The van der Waals surface area contributed by atoms with Gasteiger partial charge in [0.05, 0.1) is 18.5 Å². The molecule has 0 aromatic carbocycles. The molecule has 1 saturated carbocycles. The van der Waals surface area contributed by atoms with Gasteiger partial charge in [-0.15, -0.1) is 0 Å². The lowest BCUT2D eigenvalue weighted by Crippen LogP contribution is -2.16. The van der Waals surface area contributed by atoms with Crippen LogP contribution in [-0.4, -0.2) is 17.7 Å². The molecule has 2 rings (SSSR count). The van der Waals surface area contributed by atoms with E-state index in [-0.39, 0.29) is 0 Å². The van der Waals surface area contributed by atoms with Crippen molar-refractivity contribution in [2.75, 3.05) is 11.9 Å². The molecule has 0 atom stereocenters. The second kappa shape index (κ2) is 5.17. The summed E-state index contributed by atoms with van der Waals surface area (Å²) in [5, 5.41) is 2.70. The van der Waals surface area contributed by atoms with E-state index in [1.165, 1.54) is 18.4 Å². The number of hydrogen-bond acceptors (Lipinski definition) is 3. The summed E-state index contributed by atoms with van der Waals surface area (Å²) in [5.74, 6) is 0.979. The molecular weight excluding hydrogens is 216 g/mol. The second-order valence-electron chi connectivity index (χ2n) is 4.90. The monoisotopic (exact) mass is 234 g/mol. The molecule has 92 valence electrons. The van der Waals surface area contributed by atoms with Gasteiger partial charge in [-0.2, -0.15) is 0 Å². The number of pyridine rings is 1.